The Labute approximate surface area is 104 Å². The van der Waals surface area contributed by atoms with Crippen LogP contribution >= 0.6 is 0 Å². The molecule has 5 heteroatoms. The van der Waals surface area contributed by atoms with E-state index in [0.29, 0.717) is 16.7 Å². The summed E-state index contributed by atoms with van der Waals surface area (Å²) in [6.45, 7) is 1.78. The number of aromatic nitrogens is 2. The molecule has 0 bridgehead atoms. The van der Waals surface area contributed by atoms with Gasteiger partial charge in [0.2, 0.25) is 0 Å². The molecule has 1 aliphatic rings. The van der Waals surface area contributed by atoms with E-state index in [1.165, 1.54) is 0 Å². The van der Waals surface area contributed by atoms with Crippen molar-refractivity contribution in [1.82, 2.24) is 14.9 Å². The zero-order valence-corrected chi connectivity index (χ0v) is 10.2. The van der Waals surface area contributed by atoms with Crippen LogP contribution < -0.4 is 15.6 Å². The first-order valence-electron chi connectivity index (χ1n) is 6.06. The van der Waals surface area contributed by atoms with E-state index < -0.39 is 0 Å². The first-order valence-corrected chi connectivity index (χ1v) is 6.06. The van der Waals surface area contributed by atoms with Gasteiger partial charge in [0.25, 0.3) is 5.56 Å². The van der Waals surface area contributed by atoms with Crippen LogP contribution in [0.1, 0.15) is 12.5 Å². The average molecular weight is 245 g/mol. The Kier molecular flexibility index (Phi) is 2.76. The highest BCUT2D eigenvalue weighted by molar-refractivity contribution is 5.83. The van der Waals surface area contributed by atoms with Crippen molar-refractivity contribution in [1.29, 1.82) is 0 Å². The number of methoxy groups -OCH3 is 1. The molecular formula is C13H15N3O2. The van der Waals surface area contributed by atoms with Crippen molar-refractivity contribution in [2.45, 2.75) is 12.5 Å². The minimum atomic E-state index is 0.00704. The van der Waals surface area contributed by atoms with E-state index in [-0.39, 0.29) is 11.6 Å². The number of ether oxygens (including phenoxy) is 1. The number of hydrogen-bond acceptors (Lipinski definition) is 4. The molecule has 0 spiro atoms. The van der Waals surface area contributed by atoms with Crippen LogP contribution in [0.15, 0.2) is 29.3 Å². The van der Waals surface area contributed by atoms with Crippen LogP contribution in [0.5, 0.6) is 5.75 Å². The molecule has 1 unspecified atom stereocenters. The zero-order valence-electron chi connectivity index (χ0n) is 10.2. The maximum atomic E-state index is 12.4. The molecule has 1 aromatic heterocycles. The van der Waals surface area contributed by atoms with Gasteiger partial charge in [-0.2, -0.15) is 0 Å². The van der Waals surface area contributed by atoms with Gasteiger partial charge in [-0.05, 0) is 25.1 Å². The highest BCUT2D eigenvalue weighted by Gasteiger charge is 2.19. The molecule has 1 fully saturated rings. The van der Waals surface area contributed by atoms with E-state index >= 15 is 0 Å². The topological polar surface area (TPSA) is 56.1 Å². The van der Waals surface area contributed by atoms with Gasteiger partial charge in [0.15, 0.2) is 0 Å². The third-order valence-corrected chi connectivity index (χ3v) is 3.42. The van der Waals surface area contributed by atoms with Gasteiger partial charge in [0, 0.05) is 6.54 Å². The van der Waals surface area contributed by atoms with E-state index in [9.17, 15) is 4.79 Å². The highest BCUT2D eigenvalue weighted by Crippen LogP contribution is 2.21. The van der Waals surface area contributed by atoms with E-state index in [1.807, 2.05) is 12.1 Å². The number of para-hydroxylation sites is 1. The molecule has 2 aromatic rings. The van der Waals surface area contributed by atoms with Crippen LogP contribution in [0.4, 0.5) is 0 Å². The Balaban J connectivity index is 2.20. The summed E-state index contributed by atoms with van der Waals surface area (Å²) < 4.78 is 6.95. The molecule has 1 aromatic carbocycles. The summed E-state index contributed by atoms with van der Waals surface area (Å²) in [5.41, 5.74) is 0.639. The minimum Gasteiger partial charge on any atom is -0.494 e. The summed E-state index contributed by atoms with van der Waals surface area (Å²) in [5.74, 6) is 0.640. The van der Waals surface area contributed by atoms with Crippen LogP contribution in [0.3, 0.4) is 0 Å². The average Bonchev–Trinajstić information content (AvgIpc) is 2.92. The predicted octanol–water partition coefficient (Wildman–Crippen LogP) is 0.940. The maximum Gasteiger partial charge on any atom is 0.261 e. The Morgan fingerprint density at radius 1 is 1.50 bits per heavy atom. The highest BCUT2D eigenvalue weighted by atomic mass is 16.5. The quantitative estimate of drug-likeness (QED) is 0.855. The molecule has 94 valence electrons. The van der Waals surface area contributed by atoms with E-state index in [4.69, 9.17) is 4.74 Å². The van der Waals surface area contributed by atoms with Crippen LogP contribution in [0.25, 0.3) is 10.9 Å². The number of hydrogen-bond donors (Lipinski definition) is 1. The van der Waals surface area contributed by atoms with Gasteiger partial charge in [0.1, 0.15) is 11.3 Å². The first-order chi connectivity index (χ1) is 8.81. The van der Waals surface area contributed by atoms with E-state index in [2.05, 4.69) is 10.3 Å². The van der Waals surface area contributed by atoms with Crippen molar-refractivity contribution in [3.63, 3.8) is 0 Å². The third-order valence-electron chi connectivity index (χ3n) is 3.42. The fraction of sp³-hybridized carbons (Fsp3) is 0.385. The summed E-state index contributed by atoms with van der Waals surface area (Å²) in [4.78, 5) is 16.8. The van der Waals surface area contributed by atoms with Crippen LogP contribution in [0, 0.1) is 0 Å². The molecule has 2 heterocycles. The van der Waals surface area contributed by atoms with Gasteiger partial charge < -0.3 is 10.1 Å². The Hall–Kier alpha value is -1.88. The summed E-state index contributed by atoms with van der Waals surface area (Å²) in [6.07, 6.45) is 2.60. The Morgan fingerprint density at radius 2 is 2.39 bits per heavy atom. The molecule has 1 N–H and O–H groups in total. The smallest absolute Gasteiger partial charge is 0.261 e. The van der Waals surface area contributed by atoms with Crippen LogP contribution in [-0.2, 0) is 0 Å². The SMILES string of the molecule is COc1cccc2c(=O)n(C3CCNC3)cnc12. The number of benzene rings is 1. The fourth-order valence-corrected chi connectivity index (χ4v) is 2.44. The monoisotopic (exact) mass is 245 g/mol. The van der Waals surface area contributed by atoms with Gasteiger partial charge in [0.05, 0.1) is 24.9 Å². The van der Waals surface area contributed by atoms with E-state index in [1.54, 1.807) is 24.1 Å². The molecule has 0 radical (unpaired) electrons. The van der Waals surface area contributed by atoms with Crippen molar-refractivity contribution in [3.05, 3.63) is 34.9 Å². The lowest BCUT2D eigenvalue weighted by Crippen LogP contribution is -2.26. The van der Waals surface area contributed by atoms with Gasteiger partial charge in [-0.1, -0.05) is 6.07 Å². The lowest BCUT2D eigenvalue weighted by Gasteiger charge is -2.13. The fourth-order valence-electron chi connectivity index (χ4n) is 2.44. The van der Waals surface area contributed by atoms with Gasteiger partial charge in [-0.3, -0.25) is 9.36 Å². The summed E-state index contributed by atoms with van der Waals surface area (Å²) in [6, 6.07) is 5.64. The normalized spacial score (nSPS) is 19.3. The lowest BCUT2D eigenvalue weighted by atomic mass is 10.2. The van der Waals surface area contributed by atoms with Crippen LogP contribution in [-0.4, -0.2) is 29.8 Å². The third kappa shape index (κ3) is 1.67. The zero-order chi connectivity index (χ0) is 12.5. The van der Waals surface area contributed by atoms with Crippen molar-refractivity contribution in [2.24, 2.45) is 0 Å². The molecule has 1 saturated heterocycles. The second kappa shape index (κ2) is 4.42. The molecule has 0 amide bonds. The second-order valence-corrected chi connectivity index (χ2v) is 4.46. The molecular weight excluding hydrogens is 230 g/mol. The predicted molar refractivity (Wildman–Crippen MR) is 69.1 cm³/mol. The standard InChI is InChI=1S/C13H15N3O2/c1-18-11-4-2-3-10-12(11)15-8-16(13(10)17)9-5-6-14-7-9/h2-4,8-9,14H,5-7H2,1H3. The molecule has 3 rings (SSSR count). The molecule has 1 atom stereocenters. The molecule has 0 saturated carbocycles. The van der Waals surface area contributed by atoms with Crippen LogP contribution in [0.2, 0.25) is 0 Å². The number of fused-ring (bicyclic) bond motifs is 1. The summed E-state index contributed by atoms with van der Waals surface area (Å²) in [5, 5.41) is 3.87. The Morgan fingerprint density at radius 3 is 3.11 bits per heavy atom. The second-order valence-electron chi connectivity index (χ2n) is 4.46. The van der Waals surface area contributed by atoms with E-state index in [0.717, 1.165) is 19.5 Å². The number of nitrogens with one attached hydrogen (secondary N) is 1. The van der Waals surface area contributed by atoms with Crippen molar-refractivity contribution in [2.75, 3.05) is 20.2 Å². The van der Waals surface area contributed by atoms with Gasteiger partial charge in [-0.25, -0.2) is 4.98 Å². The van der Waals surface area contributed by atoms with Crippen molar-refractivity contribution in [3.8, 4) is 5.75 Å². The number of rotatable bonds is 2. The maximum absolute atomic E-state index is 12.4. The van der Waals surface area contributed by atoms with Gasteiger partial charge >= 0.3 is 0 Å². The molecule has 0 aliphatic carbocycles. The number of nitrogens with zero attached hydrogens (tertiary/aromatic N) is 2. The minimum absolute atomic E-state index is 0.00704. The largest absolute Gasteiger partial charge is 0.494 e. The van der Waals surface area contributed by atoms with Crippen molar-refractivity contribution >= 4 is 10.9 Å². The van der Waals surface area contributed by atoms with Gasteiger partial charge in [-0.15, -0.1) is 0 Å². The van der Waals surface area contributed by atoms with Crippen molar-refractivity contribution < 1.29 is 4.74 Å². The summed E-state index contributed by atoms with van der Waals surface area (Å²) >= 11 is 0. The molecule has 18 heavy (non-hydrogen) atoms. The summed E-state index contributed by atoms with van der Waals surface area (Å²) in [7, 11) is 1.59. The lowest BCUT2D eigenvalue weighted by molar-refractivity contribution is 0.418. The first kappa shape index (κ1) is 11.2. The molecule has 5 nitrogen and oxygen atoms in total. The Bertz CT molecular complexity index is 630. The molecule has 1 aliphatic heterocycles.